The van der Waals surface area contributed by atoms with Crippen molar-refractivity contribution in [1.82, 2.24) is 19.7 Å². The Morgan fingerprint density at radius 3 is 3.08 bits per heavy atom. The largest absolute Gasteiger partial charge is 0.493 e. The topological polar surface area (TPSA) is 61.6 Å². The zero-order valence-electron chi connectivity index (χ0n) is 14.3. The third kappa shape index (κ3) is 4.04. The third-order valence-corrected chi connectivity index (χ3v) is 4.82. The van der Waals surface area contributed by atoms with Crippen molar-refractivity contribution in [2.45, 2.75) is 38.3 Å². The highest BCUT2D eigenvalue weighted by Crippen LogP contribution is 2.35. The molecule has 1 aromatic carbocycles. The summed E-state index contributed by atoms with van der Waals surface area (Å²) < 4.78 is 18.5. The number of benzene rings is 1. The van der Waals surface area contributed by atoms with E-state index in [2.05, 4.69) is 15.0 Å². The van der Waals surface area contributed by atoms with E-state index >= 15 is 0 Å². The first kappa shape index (κ1) is 16.2. The van der Waals surface area contributed by atoms with Gasteiger partial charge >= 0.3 is 0 Å². The number of piperidine rings is 1. The molecule has 4 rings (SSSR count). The van der Waals surface area contributed by atoms with Crippen molar-refractivity contribution in [3.63, 3.8) is 0 Å². The molecular formula is C18H24N4O3. The van der Waals surface area contributed by atoms with Gasteiger partial charge in [0.2, 0.25) is 6.79 Å². The van der Waals surface area contributed by atoms with Gasteiger partial charge in [-0.2, -0.15) is 5.10 Å². The van der Waals surface area contributed by atoms with E-state index < -0.39 is 0 Å². The predicted octanol–water partition coefficient (Wildman–Crippen LogP) is 2.33. The lowest BCUT2D eigenvalue weighted by molar-refractivity contribution is 0.121. The van der Waals surface area contributed by atoms with Crippen molar-refractivity contribution >= 4 is 0 Å². The van der Waals surface area contributed by atoms with E-state index in [9.17, 15) is 0 Å². The van der Waals surface area contributed by atoms with Crippen molar-refractivity contribution in [1.29, 1.82) is 0 Å². The molecule has 7 nitrogen and oxygen atoms in total. The van der Waals surface area contributed by atoms with Crippen molar-refractivity contribution in [3.05, 3.63) is 30.9 Å². The molecule has 7 heteroatoms. The molecule has 2 aliphatic heterocycles. The number of fused-ring (bicyclic) bond motifs is 1. The minimum absolute atomic E-state index is 0.293. The molecule has 2 aliphatic rings. The number of aromatic nitrogens is 3. The summed E-state index contributed by atoms with van der Waals surface area (Å²) in [5, 5.41) is 4.24. The Bertz CT molecular complexity index is 677. The molecule has 0 radical (unpaired) electrons. The van der Waals surface area contributed by atoms with Crippen LogP contribution in [0.2, 0.25) is 0 Å². The molecule has 0 bridgehead atoms. The van der Waals surface area contributed by atoms with Crippen molar-refractivity contribution in [2.75, 3.05) is 26.5 Å². The van der Waals surface area contributed by atoms with Crippen LogP contribution in [0.4, 0.5) is 0 Å². The fourth-order valence-electron chi connectivity index (χ4n) is 3.53. The smallest absolute Gasteiger partial charge is 0.231 e. The Morgan fingerprint density at radius 1 is 1.20 bits per heavy atom. The van der Waals surface area contributed by atoms with E-state index in [0.717, 1.165) is 43.3 Å². The van der Waals surface area contributed by atoms with Crippen LogP contribution >= 0.6 is 0 Å². The summed E-state index contributed by atoms with van der Waals surface area (Å²) in [6, 6.07) is 6.27. The van der Waals surface area contributed by atoms with Gasteiger partial charge in [-0.15, -0.1) is 0 Å². The van der Waals surface area contributed by atoms with Crippen molar-refractivity contribution in [3.8, 4) is 17.2 Å². The Morgan fingerprint density at radius 2 is 2.16 bits per heavy atom. The van der Waals surface area contributed by atoms with E-state index in [-0.39, 0.29) is 0 Å². The van der Waals surface area contributed by atoms with Gasteiger partial charge in [-0.1, -0.05) is 6.42 Å². The second-order valence-electron chi connectivity index (χ2n) is 6.52. The van der Waals surface area contributed by atoms with Gasteiger partial charge in [-0.25, -0.2) is 4.98 Å². The highest BCUT2D eigenvalue weighted by molar-refractivity contribution is 5.46. The van der Waals surface area contributed by atoms with Crippen LogP contribution < -0.4 is 14.2 Å². The standard InChI is InChI=1S/C18H24N4O3/c1-2-7-21(15(4-1)11-22-13-19-12-20-22)8-3-9-23-16-5-6-17-18(10-16)25-14-24-17/h5-6,10,12-13,15H,1-4,7-9,11,14H2/t15-/m1/s1. The van der Waals surface area contributed by atoms with Crippen LogP contribution in [-0.4, -0.2) is 52.2 Å². The molecular weight excluding hydrogens is 320 g/mol. The van der Waals surface area contributed by atoms with Gasteiger partial charge in [0.25, 0.3) is 0 Å². The van der Waals surface area contributed by atoms with E-state index in [1.165, 1.54) is 19.3 Å². The Hall–Kier alpha value is -2.28. The van der Waals surface area contributed by atoms with Gasteiger partial charge in [-0.3, -0.25) is 9.58 Å². The predicted molar refractivity (Wildman–Crippen MR) is 91.9 cm³/mol. The molecule has 0 N–H and O–H groups in total. The minimum Gasteiger partial charge on any atom is -0.493 e. The molecule has 1 atom stereocenters. The van der Waals surface area contributed by atoms with Crippen molar-refractivity contribution in [2.24, 2.45) is 0 Å². The van der Waals surface area contributed by atoms with Crippen LogP contribution in [-0.2, 0) is 6.54 Å². The second-order valence-corrected chi connectivity index (χ2v) is 6.52. The summed E-state index contributed by atoms with van der Waals surface area (Å²) in [5.74, 6) is 2.39. The lowest BCUT2D eigenvalue weighted by Gasteiger charge is -2.35. The maximum absolute atomic E-state index is 5.87. The van der Waals surface area contributed by atoms with Crippen molar-refractivity contribution < 1.29 is 14.2 Å². The molecule has 0 unspecified atom stereocenters. The molecule has 1 aromatic heterocycles. The van der Waals surface area contributed by atoms with Gasteiger partial charge in [-0.05, 0) is 37.9 Å². The fraction of sp³-hybridized carbons (Fsp3) is 0.556. The molecule has 134 valence electrons. The molecule has 0 amide bonds. The molecule has 0 spiro atoms. The van der Waals surface area contributed by atoms with E-state index in [4.69, 9.17) is 14.2 Å². The zero-order valence-corrected chi connectivity index (χ0v) is 14.3. The number of hydrogen-bond donors (Lipinski definition) is 0. The number of ether oxygens (including phenoxy) is 3. The second kappa shape index (κ2) is 7.74. The molecule has 0 saturated carbocycles. The monoisotopic (exact) mass is 344 g/mol. The van der Waals surface area contributed by atoms with Gasteiger partial charge in [0, 0.05) is 18.7 Å². The first-order chi connectivity index (χ1) is 12.4. The summed E-state index contributed by atoms with van der Waals surface area (Å²) in [5.41, 5.74) is 0. The number of hydrogen-bond acceptors (Lipinski definition) is 6. The Balaban J connectivity index is 1.24. The third-order valence-electron chi connectivity index (χ3n) is 4.82. The van der Waals surface area contributed by atoms with Gasteiger partial charge in [0.1, 0.15) is 18.4 Å². The van der Waals surface area contributed by atoms with Crippen LogP contribution in [0.1, 0.15) is 25.7 Å². The fourth-order valence-corrected chi connectivity index (χ4v) is 3.53. The van der Waals surface area contributed by atoms with E-state index in [1.54, 1.807) is 12.7 Å². The molecule has 2 aromatic rings. The SMILES string of the molecule is c1ncn(C[C@H]2CCCCN2CCCOc2ccc3c(c2)OCO3)n1. The molecule has 0 aliphatic carbocycles. The molecule has 25 heavy (non-hydrogen) atoms. The van der Waals surface area contributed by atoms with Crippen LogP contribution in [0, 0.1) is 0 Å². The van der Waals surface area contributed by atoms with Crippen LogP contribution in [0.5, 0.6) is 17.2 Å². The lowest BCUT2D eigenvalue weighted by atomic mass is 10.0. The van der Waals surface area contributed by atoms with Crippen LogP contribution in [0.25, 0.3) is 0 Å². The maximum Gasteiger partial charge on any atom is 0.231 e. The number of likely N-dealkylation sites (tertiary alicyclic amines) is 1. The van der Waals surface area contributed by atoms with Gasteiger partial charge < -0.3 is 14.2 Å². The van der Waals surface area contributed by atoms with E-state index in [1.807, 2.05) is 22.9 Å². The van der Waals surface area contributed by atoms with Gasteiger partial charge in [0.15, 0.2) is 11.5 Å². The van der Waals surface area contributed by atoms with Crippen LogP contribution in [0.3, 0.4) is 0 Å². The Labute approximate surface area is 147 Å². The summed E-state index contributed by atoms with van der Waals surface area (Å²) in [6.45, 7) is 4.11. The first-order valence-corrected chi connectivity index (χ1v) is 8.97. The Kier molecular flexibility index (Phi) is 5.01. The summed E-state index contributed by atoms with van der Waals surface area (Å²) >= 11 is 0. The quantitative estimate of drug-likeness (QED) is 0.719. The zero-order chi connectivity index (χ0) is 16.9. The highest BCUT2D eigenvalue weighted by atomic mass is 16.7. The normalized spacial score (nSPS) is 19.9. The summed E-state index contributed by atoms with van der Waals surface area (Å²) in [7, 11) is 0. The average Bonchev–Trinajstić information content (AvgIpc) is 3.31. The molecule has 3 heterocycles. The van der Waals surface area contributed by atoms with E-state index in [0.29, 0.717) is 19.4 Å². The lowest BCUT2D eigenvalue weighted by Crippen LogP contribution is -2.43. The highest BCUT2D eigenvalue weighted by Gasteiger charge is 2.22. The summed E-state index contributed by atoms with van der Waals surface area (Å²) in [6.07, 6.45) is 8.20. The van der Waals surface area contributed by atoms with Crippen LogP contribution in [0.15, 0.2) is 30.9 Å². The summed E-state index contributed by atoms with van der Waals surface area (Å²) in [4.78, 5) is 6.60. The number of rotatable bonds is 7. The minimum atomic E-state index is 0.293. The number of nitrogens with zero attached hydrogens (tertiary/aromatic N) is 4. The van der Waals surface area contributed by atoms with Gasteiger partial charge in [0.05, 0.1) is 13.2 Å². The molecule has 1 fully saturated rings. The maximum atomic E-state index is 5.87. The first-order valence-electron chi connectivity index (χ1n) is 8.97. The molecule has 1 saturated heterocycles. The average molecular weight is 344 g/mol.